The van der Waals surface area contributed by atoms with Gasteiger partial charge in [0.15, 0.2) is 0 Å². The Morgan fingerprint density at radius 3 is 2.86 bits per heavy atom. The maximum atomic E-state index is 5.64. The lowest BCUT2D eigenvalue weighted by Crippen LogP contribution is -2.24. The second kappa shape index (κ2) is 4.00. The summed E-state index contributed by atoms with van der Waals surface area (Å²) in [6, 6.07) is 0.427. The van der Waals surface area contributed by atoms with Crippen molar-refractivity contribution in [2.75, 3.05) is 18.9 Å². The van der Waals surface area contributed by atoms with Crippen molar-refractivity contribution < 1.29 is 4.74 Å². The molecule has 1 aliphatic heterocycles. The number of ether oxygens (including phenoxy) is 1. The van der Waals surface area contributed by atoms with Crippen molar-refractivity contribution >= 4 is 5.69 Å². The molecule has 0 spiro atoms. The molecule has 4 heteroatoms. The van der Waals surface area contributed by atoms with Crippen molar-refractivity contribution in [1.82, 2.24) is 9.78 Å². The van der Waals surface area contributed by atoms with Crippen molar-refractivity contribution in [3.05, 3.63) is 12.4 Å². The Balaban J connectivity index is 2.03. The standard InChI is InChI=1S/C10H17N3O/c1-8(9-2-4-14-5-3-9)13-7-10(11)6-12-13/h6-9H,2-5,11H2,1H3. The molecule has 78 valence electrons. The Hall–Kier alpha value is -1.03. The zero-order valence-corrected chi connectivity index (χ0v) is 8.52. The van der Waals surface area contributed by atoms with Crippen LogP contribution in [0.5, 0.6) is 0 Å². The van der Waals surface area contributed by atoms with E-state index in [1.54, 1.807) is 6.20 Å². The van der Waals surface area contributed by atoms with E-state index in [4.69, 9.17) is 10.5 Å². The fraction of sp³-hybridized carbons (Fsp3) is 0.700. The summed E-state index contributed by atoms with van der Waals surface area (Å²) in [5, 5.41) is 4.24. The molecule has 0 aliphatic carbocycles. The van der Waals surface area contributed by atoms with Crippen LogP contribution in [0.25, 0.3) is 0 Å². The molecule has 1 aromatic rings. The number of nitrogen functional groups attached to an aromatic ring is 1. The van der Waals surface area contributed by atoms with Gasteiger partial charge >= 0.3 is 0 Å². The van der Waals surface area contributed by atoms with E-state index in [0.717, 1.165) is 31.7 Å². The van der Waals surface area contributed by atoms with Gasteiger partial charge in [-0.3, -0.25) is 4.68 Å². The van der Waals surface area contributed by atoms with Gasteiger partial charge in [-0.15, -0.1) is 0 Å². The molecule has 1 fully saturated rings. The van der Waals surface area contributed by atoms with Gasteiger partial charge in [0.1, 0.15) is 0 Å². The average Bonchev–Trinajstić information content (AvgIpc) is 2.65. The largest absolute Gasteiger partial charge is 0.396 e. The minimum atomic E-state index is 0.427. The van der Waals surface area contributed by atoms with Gasteiger partial charge < -0.3 is 10.5 Å². The molecule has 1 unspecified atom stereocenters. The fourth-order valence-corrected chi connectivity index (χ4v) is 1.99. The Morgan fingerprint density at radius 1 is 1.57 bits per heavy atom. The van der Waals surface area contributed by atoms with Crippen LogP contribution >= 0.6 is 0 Å². The Kier molecular flexibility index (Phi) is 2.72. The quantitative estimate of drug-likeness (QED) is 0.777. The SMILES string of the molecule is CC(C1CCOCC1)n1cc(N)cn1. The third-order valence-corrected chi connectivity index (χ3v) is 2.99. The zero-order valence-electron chi connectivity index (χ0n) is 8.52. The highest BCUT2D eigenvalue weighted by Gasteiger charge is 2.21. The first-order valence-electron chi connectivity index (χ1n) is 5.15. The van der Waals surface area contributed by atoms with Crippen molar-refractivity contribution in [1.29, 1.82) is 0 Å². The maximum absolute atomic E-state index is 5.64. The first-order chi connectivity index (χ1) is 6.77. The summed E-state index contributed by atoms with van der Waals surface area (Å²) in [5.74, 6) is 0.669. The highest BCUT2D eigenvalue weighted by atomic mass is 16.5. The van der Waals surface area contributed by atoms with Gasteiger partial charge in [-0.1, -0.05) is 0 Å². The molecule has 1 atom stereocenters. The van der Waals surface area contributed by atoms with E-state index in [1.165, 1.54) is 0 Å². The van der Waals surface area contributed by atoms with Gasteiger partial charge in [-0.25, -0.2) is 0 Å². The first kappa shape index (κ1) is 9.52. The summed E-state index contributed by atoms with van der Waals surface area (Å²) in [4.78, 5) is 0. The van der Waals surface area contributed by atoms with E-state index in [9.17, 15) is 0 Å². The van der Waals surface area contributed by atoms with Crippen LogP contribution in [0.15, 0.2) is 12.4 Å². The molecule has 0 bridgehead atoms. The highest BCUT2D eigenvalue weighted by molar-refractivity contribution is 5.30. The van der Waals surface area contributed by atoms with E-state index in [-0.39, 0.29) is 0 Å². The predicted octanol–water partition coefficient (Wildman–Crippen LogP) is 1.45. The number of anilines is 1. The minimum Gasteiger partial charge on any atom is -0.396 e. The lowest BCUT2D eigenvalue weighted by molar-refractivity contribution is 0.0496. The van der Waals surface area contributed by atoms with Crippen molar-refractivity contribution in [2.24, 2.45) is 5.92 Å². The van der Waals surface area contributed by atoms with Crippen molar-refractivity contribution in [3.8, 4) is 0 Å². The van der Waals surface area contributed by atoms with Gasteiger partial charge in [0.25, 0.3) is 0 Å². The molecule has 0 radical (unpaired) electrons. The molecule has 1 saturated heterocycles. The van der Waals surface area contributed by atoms with Crippen LogP contribution in [0.3, 0.4) is 0 Å². The third-order valence-electron chi connectivity index (χ3n) is 2.99. The van der Waals surface area contributed by atoms with E-state index >= 15 is 0 Å². The average molecular weight is 195 g/mol. The van der Waals surface area contributed by atoms with Crippen molar-refractivity contribution in [3.63, 3.8) is 0 Å². The number of aromatic nitrogens is 2. The Labute approximate surface area is 84.0 Å². The summed E-state index contributed by atoms with van der Waals surface area (Å²) in [6.07, 6.45) is 5.86. The molecule has 2 N–H and O–H groups in total. The van der Waals surface area contributed by atoms with Gasteiger partial charge in [0.05, 0.1) is 17.9 Å². The van der Waals surface area contributed by atoms with Gasteiger partial charge in [0.2, 0.25) is 0 Å². The van der Waals surface area contributed by atoms with Crippen LogP contribution in [0, 0.1) is 5.92 Å². The molecule has 2 rings (SSSR count). The van der Waals surface area contributed by atoms with E-state index in [0.29, 0.717) is 12.0 Å². The maximum Gasteiger partial charge on any atom is 0.0719 e. The molecule has 0 saturated carbocycles. The van der Waals surface area contributed by atoms with Gasteiger partial charge in [-0.2, -0.15) is 5.10 Å². The lowest BCUT2D eigenvalue weighted by atomic mass is 9.93. The van der Waals surface area contributed by atoms with Crippen LogP contribution in [0.2, 0.25) is 0 Å². The lowest BCUT2D eigenvalue weighted by Gasteiger charge is -2.27. The zero-order chi connectivity index (χ0) is 9.97. The molecule has 0 amide bonds. The van der Waals surface area contributed by atoms with Crippen LogP contribution in [-0.2, 0) is 4.74 Å². The van der Waals surface area contributed by atoms with Gasteiger partial charge in [0, 0.05) is 19.4 Å². The molecule has 1 aliphatic rings. The van der Waals surface area contributed by atoms with E-state index in [2.05, 4.69) is 12.0 Å². The number of rotatable bonds is 2. The topological polar surface area (TPSA) is 53.1 Å². The number of hydrogen-bond acceptors (Lipinski definition) is 3. The summed E-state index contributed by atoms with van der Waals surface area (Å²) in [5.41, 5.74) is 6.38. The van der Waals surface area contributed by atoms with E-state index in [1.807, 2.05) is 10.9 Å². The summed E-state index contributed by atoms with van der Waals surface area (Å²) in [6.45, 7) is 3.96. The summed E-state index contributed by atoms with van der Waals surface area (Å²) >= 11 is 0. The van der Waals surface area contributed by atoms with Gasteiger partial charge in [-0.05, 0) is 25.7 Å². The van der Waals surface area contributed by atoms with Crippen LogP contribution < -0.4 is 5.73 Å². The number of nitrogens with two attached hydrogens (primary N) is 1. The number of nitrogens with zero attached hydrogens (tertiary/aromatic N) is 2. The third kappa shape index (κ3) is 1.90. The molecule has 2 heterocycles. The second-order valence-electron chi connectivity index (χ2n) is 3.94. The second-order valence-corrected chi connectivity index (χ2v) is 3.94. The van der Waals surface area contributed by atoms with Crippen LogP contribution in [0.4, 0.5) is 5.69 Å². The Morgan fingerprint density at radius 2 is 2.29 bits per heavy atom. The molecule has 14 heavy (non-hydrogen) atoms. The number of hydrogen-bond donors (Lipinski definition) is 1. The monoisotopic (exact) mass is 195 g/mol. The summed E-state index contributed by atoms with van der Waals surface area (Å²) in [7, 11) is 0. The molecular formula is C10H17N3O. The first-order valence-corrected chi connectivity index (χ1v) is 5.15. The molecule has 4 nitrogen and oxygen atoms in total. The highest BCUT2D eigenvalue weighted by Crippen LogP contribution is 2.27. The molecular weight excluding hydrogens is 178 g/mol. The summed E-state index contributed by atoms with van der Waals surface area (Å²) < 4.78 is 7.30. The van der Waals surface area contributed by atoms with Crippen molar-refractivity contribution in [2.45, 2.75) is 25.8 Å². The predicted molar refractivity (Wildman–Crippen MR) is 54.9 cm³/mol. The smallest absolute Gasteiger partial charge is 0.0719 e. The molecule has 1 aromatic heterocycles. The molecule has 0 aromatic carbocycles. The fourth-order valence-electron chi connectivity index (χ4n) is 1.99. The van der Waals surface area contributed by atoms with Crippen LogP contribution in [0.1, 0.15) is 25.8 Å². The van der Waals surface area contributed by atoms with Crippen LogP contribution in [-0.4, -0.2) is 23.0 Å². The minimum absolute atomic E-state index is 0.427. The Bertz CT molecular complexity index is 291. The normalized spacial score (nSPS) is 20.9. The van der Waals surface area contributed by atoms with E-state index < -0.39 is 0 Å².